The fourth-order valence-corrected chi connectivity index (χ4v) is 3.57. The summed E-state index contributed by atoms with van der Waals surface area (Å²) in [6.45, 7) is 5.59. The highest BCUT2D eigenvalue weighted by atomic mass is 32.2. The summed E-state index contributed by atoms with van der Waals surface area (Å²) in [5.74, 6) is 1.80. The molecule has 1 aliphatic heterocycles. The van der Waals surface area contributed by atoms with Crippen molar-refractivity contribution in [1.82, 2.24) is 15.5 Å². The van der Waals surface area contributed by atoms with Gasteiger partial charge in [-0.25, -0.2) is 0 Å². The van der Waals surface area contributed by atoms with E-state index < -0.39 is 0 Å². The third-order valence-electron chi connectivity index (χ3n) is 3.65. The predicted octanol–water partition coefficient (Wildman–Crippen LogP) is 1.42. The first kappa shape index (κ1) is 17.8. The Bertz CT molecular complexity index is 516. The molecular weight excluding hydrogens is 310 g/mol. The van der Waals surface area contributed by atoms with Gasteiger partial charge in [-0.3, -0.25) is 14.5 Å². The quantitative estimate of drug-likeness (QED) is 0.825. The summed E-state index contributed by atoms with van der Waals surface area (Å²) in [4.78, 5) is 26.6. The van der Waals surface area contributed by atoms with E-state index in [-0.39, 0.29) is 30.4 Å². The van der Waals surface area contributed by atoms with Crippen molar-refractivity contribution in [2.75, 3.05) is 31.1 Å². The highest BCUT2D eigenvalue weighted by Crippen LogP contribution is 2.24. The van der Waals surface area contributed by atoms with Crippen LogP contribution in [-0.2, 0) is 9.59 Å². The summed E-state index contributed by atoms with van der Waals surface area (Å²) >= 11 is 1.91. The van der Waals surface area contributed by atoms with Gasteiger partial charge in [0.2, 0.25) is 11.8 Å². The molecule has 0 saturated carbocycles. The summed E-state index contributed by atoms with van der Waals surface area (Å²) < 4.78 is 0. The number of nitrogens with one attached hydrogen (secondary N) is 2. The van der Waals surface area contributed by atoms with Crippen molar-refractivity contribution in [1.29, 1.82) is 0 Å². The summed E-state index contributed by atoms with van der Waals surface area (Å²) in [6, 6.07) is 9.52. The molecule has 2 amide bonds. The van der Waals surface area contributed by atoms with Gasteiger partial charge in [-0.15, -0.1) is 0 Å². The molecule has 2 rings (SSSR count). The third-order valence-corrected chi connectivity index (χ3v) is 4.59. The van der Waals surface area contributed by atoms with Crippen LogP contribution in [-0.4, -0.2) is 53.9 Å². The van der Waals surface area contributed by atoms with Gasteiger partial charge in [0.25, 0.3) is 0 Å². The van der Waals surface area contributed by atoms with Crippen LogP contribution in [0.2, 0.25) is 0 Å². The predicted molar refractivity (Wildman–Crippen MR) is 94.4 cm³/mol. The molecule has 5 nitrogen and oxygen atoms in total. The molecular formula is C17H25N3O2S. The van der Waals surface area contributed by atoms with Crippen molar-refractivity contribution in [3.63, 3.8) is 0 Å². The van der Waals surface area contributed by atoms with E-state index in [1.807, 2.05) is 55.9 Å². The number of rotatable bonds is 6. The van der Waals surface area contributed by atoms with Crippen molar-refractivity contribution < 1.29 is 9.59 Å². The minimum absolute atomic E-state index is 0.0168. The van der Waals surface area contributed by atoms with E-state index in [0.717, 1.165) is 30.2 Å². The monoisotopic (exact) mass is 335 g/mol. The molecule has 23 heavy (non-hydrogen) atoms. The molecule has 1 fully saturated rings. The summed E-state index contributed by atoms with van der Waals surface area (Å²) in [6.07, 6.45) is 0. The minimum Gasteiger partial charge on any atom is -0.352 e. The maximum absolute atomic E-state index is 12.7. The number of amides is 2. The highest BCUT2D eigenvalue weighted by Gasteiger charge is 2.28. The molecule has 0 spiro atoms. The van der Waals surface area contributed by atoms with Crippen molar-refractivity contribution in [2.24, 2.45) is 0 Å². The van der Waals surface area contributed by atoms with Gasteiger partial charge in [-0.2, -0.15) is 11.8 Å². The van der Waals surface area contributed by atoms with Crippen LogP contribution in [0.5, 0.6) is 0 Å². The van der Waals surface area contributed by atoms with Gasteiger partial charge in [0.05, 0.1) is 6.54 Å². The van der Waals surface area contributed by atoms with Crippen LogP contribution >= 0.6 is 11.8 Å². The van der Waals surface area contributed by atoms with Gasteiger partial charge in [-0.1, -0.05) is 30.3 Å². The fraction of sp³-hybridized carbons (Fsp3) is 0.529. The van der Waals surface area contributed by atoms with Crippen LogP contribution in [0, 0.1) is 0 Å². The van der Waals surface area contributed by atoms with Gasteiger partial charge in [0, 0.05) is 30.6 Å². The topological polar surface area (TPSA) is 61.4 Å². The van der Waals surface area contributed by atoms with E-state index in [1.165, 1.54) is 0 Å². The number of hydrogen-bond donors (Lipinski definition) is 2. The molecule has 0 aliphatic carbocycles. The minimum atomic E-state index is -0.330. The van der Waals surface area contributed by atoms with Crippen LogP contribution in [0.4, 0.5) is 0 Å². The van der Waals surface area contributed by atoms with E-state index in [4.69, 9.17) is 0 Å². The average molecular weight is 335 g/mol. The third kappa shape index (κ3) is 5.55. The van der Waals surface area contributed by atoms with Gasteiger partial charge in [0.15, 0.2) is 0 Å². The maximum atomic E-state index is 12.7. The Kier molecular flexibility index (Phi) is 6.92. The van der Waals surface area contributed by atoms with Gasteiger partial charge in [0.1, 0.15) is 6.04 Å². The van der Waals surface area contributed by atoms with Crippen LogP contribution < -0.4 is 10.6 Å². The second-order valence-corrected chi connectivity index (χ2v) is 7.13. The second-order valence-electron chi connectivity index (χ2n) is 5.90. The van der Waals surface area contributed by atoms with Crippen LogP contribution in [0.25, 0.3) is 0 Å². The zero-order valence-electron chi connectivity index (χ0n) is 13.7. The molecule has 0 aromatic heterocycles. The standard InChI is InChI=1S/C17H25N3O2S/c1-13(2)19-15(21)12-18-17(22)16(14-6-4-3-5-7-14)20-8-10-23-11-9-20/h3-7,13,16H,8-12H2,1-2H3,(H,18,22)(H,19,21)/t16-/m1/s1. The Morgan fingerprint density at radius 3 is 2.43 bits per heavy atom. The zero-order valence-corrected chi connectivity index (χ0v) is 14.6. The first-order valence-corrected chi connectivity index (χ1v) is 9.17. The molecule has 2 N–H and O–H groups in total. The van der Waals surface area contributed by atoms with Crippen molar-refractivity contribution in [3.8, 4) is 0 Å². The number of benzene rings is 1. The number of thioether (sulfide) groups is 1. The van der Waals surface area contributed by atoms with E-state index in [1.54, 1.807) is 0 Å². The number of carbonyl (C=O) groups excluding carboxylic acids is 2. The summed E-state index contributed by atoms with van der Waals surface area (Å²) in [5, 5.41) is 5.57. The Balaban J connectivity index is 2.04. The average Bonchev–Trinajstić information content (AvgIpc) is 2.55. The molecule has 0 unspecified atom stereocenters. The van der Waals surface area contributed by atoms with Crippen LogP contribution in [0.1, 0.15) is 25.5 Å². The first-order valence-electron chi connectivity index (χ1n) is 8.01. The number of hydrogen-bond acceptors (Lipinski definition) is 4. The summed E-state index contributed by atoms with van der Waals surface area (Å²) in [7, 11) is 0. The lowest BCUT2D eigenvalue weighted by Gasteiger charge is -2.33. The zero-order chi connectivity index (χ0) is 16.7. The van der Waals surface area contributed by atoms with E-state index >= 15 is 0 Å². The van der Waals surface area contributed by atoms with E-state index in [2.05, 4.69) is 15.5 Å². The summed E-state index contributed by atoms with van der Waals surface area (Å²) in [5.41, 5.74) is 0.973. The van der Waals surface area contributed by atoms with Crippen molar-refractivity contribution in [3.05, 3.63) is 35.9 Å². The largest absolute Gasteiger partial charge is 0.352 e. The molecule has 6 heteroatoms. The Labute approximate surface area is 142 Å². The molecule has 1 aromatic rings. The molecule has 126 valence electrons. The Hall–Kier alpha value is -1.53. The van der Waals surface area contributed by atoms with E-state index in [9.17, 15) is 9.59 Å². The molecule has 1 aromatic carbocycles. The lowest BCUT2D eigenvalue weighted by atomic mass is 10.0. The normalized spacial score (nSPS) is 16.8. The molecule has 0 bridgehead atoms. The molecule has 1 aliphatic rings. The van der Waals surface area contributed by atoms with Crippen LogP contribution in [0.15, 0.2) is 30.3 Å². The van der Waals surface area contributed by atoms with Crippen molar-refractivity contribution >= 4 is 23.6 Å². The molecule has 1 heterocycles. The Morgan fingerprint density at radius 2 is 1.83 bits per heavy atom. The van der Waals surface area contributed by atoms with Gasteiger partial charge >= 0.3 is 0 Å². The SMILES string of the molecule is CC(C)NC(=O)CNC(=O)[C@@H](c1ccccc1)N1CCSCC1. The van der Waals surface area contributed by atoms with Crippen LogP contribution in [0.3, 0.4) is 0 Å². The maximum Gasteiger partial charge on any atom is 0.242 e. The molecule has 1 atom stereocenters. The molecule has 1 saturated heterocycles. The highest BCUT2D eigenvalue weighted by molar-refractivity contribution is 7.99. The second kappa shape index (κ2) is 8.93. The van der Waals surface area contributed by atoms with Crippen molar-refractivity contribution in [2.45, 2.75) is 25.9 Å². The van der Waals surface area contributed by atoms with Gasteiger partial charge in [-0.05, 0) is 19.4 Å². The lowest BCUT2D eigenvalue weighted by molar-refractivity contribution is -0.129. The van der Waals surface area contributed by atoms with E-state index in [0.29, 0.717) is 0 Å². The van der Waals surface area contributed by atoms with Gasteiger partial charge < -0.3 is 10.6 Å². The molecule has 0 radical (unpaired) electrons. The fourth-order valence-electron chi connectivity index (χ4n) is 2.64. The smallest absolute Gasteiger partial charge is 0.242 e. The number of carbonyl (C=O) groups is 2. The lowest BCUT2D eigenvalue weighted by Crippen LogP contribution is -2.47. The Morgan fingerprint density at radius 1 is 1.17 bits per heavy atom. The first-order chi connectivity index (χ1) is 11.1. The number of nitrogens with zero attached hydrogens (tertiary/aromatic N) is 1.